The van der Waals surface area contributed by atoms with Gasteiger partial charge in [0.2, 0.25) is 0 Å². The van der Waals surface area contributed by atoms with E-state index in [1.807, 2.05) is 36.4 Å². The fourth-order valence-corrected chi connectivity index (χ4v) is 2.23. The lowest BCUT2D eigenvalue weighted by atomic mass is 10.0. The molecule has 3 rings (SSSR count). The number of rotatable bonds is 2. The fourth-order valence-electron chi connectivity index (χ4n) is 2.23. The third kappa shape index (κ3) is 1.99. The molecule has 100 valence electrons. The molecule has 2 N–H and O–H groups in total. The molecule has 3 amide bonds. The second kappa shape index (κ2) is 4.70. The molecule has 2 aromatic rings. The molecule has 0 saturated carbocycles. The van der Waals surface area contributed by atoms with Gasteiger partial charge in [-0.3, -0.25) is 10.1 Å². The Morgan fingerprint density at radius 2 is 1.85 bits per heavy atom. The Kier molecular flexibility index (Phi) is 2.87. The first kappa shape index (κ1) is 12.2. The number of hydrogen-bond donors (Lipinski definition) is 2. The zero-order valence-electron chi connectivity index (χ0n) is 10.8. The van der Waals surface area contributed by atoms with Gasteiger partial charge in [-0.05, 0) is 22.9 Å². The van der Waals surface area contributed by atoms with Crippen LogP contribution < -0.4 is 15.4 Å². The highest BCUT2D eigenvalue weighted by molar-refractivity contribution is 6.14. The number of amides is 3. The topological polar surface area (TPSA) is 67.4 Å². The third-order valence-corrected chi connectivity index (χ3v) is 3.16. The lowest BCUT2D eigenvalue weighted by molar-refractivity contribution is -0.115. The minimum absolute atomic E-state index is 0.213. The van der Waals surface area contributed by atoms with Crippen LogP contribution in [0.25, 0.3) is 16.8 Å². The molecule has 0 spiro atoms. The number of fused-ring (bicyclic) bond motifs is 1. The summed E-state index contributed by atoms with van der Waals surface area (Å²) in [5.41, 5.74) is 0.975. The van der Waals surface area contributed by atoms with Gasteiger partial charge in [-0.25, -0.2) is 4.79 Å². The van der Waals surface area contributed by atoms with Crippen LogP contribution in [0.2, 0.25) is 0 Å². The van der Waals surface area contributed by atoms with Gasteiger partial charge in [-0.15, -0.1) is 0 Å². The van der Waals surface area contributed by atoms with Crippen molar-refractivity contribution in [1.82, 2.24) is 10.6 Å². The minimum Gasteiger partial charge on any atom is -0.496 e. The van der Waals surface area contributed by atoms with Crippen LogP contribution in [0.5, 0.6) is 5.75 Å². The fraction of sp³-hybridized carbons (Fsp3) is 0.0667. The Balaban J connectivity index is 2.21. The molecular formula is C15H12N2O3. The number of imide groups is 1. The van der Waals surface area contributed by atoms with Crippen molar-refractivity contribution in [3.05, 3.63) is 47.7 Å². The predicted molar refractivity (Wildman–Crippen MR) is 75.2 cm³/mol. The van der Waals surface area contributed by atoms with Crippen molar-refractivity contribution >= 4 is 28.8 Å². The summed E-state index contributed by atoms with van der Waals surface area (Å²) in [6.45, 7) is 0. The average Bonchev–Trinajstić information content (AvgIpc) is 2.77. The molecule has 5 heteroatoms. The average molecular weight is 268 g/mol. The van der Waals surface area contributed by atoms with Crippen LogP contribution in [0.15, 0.2) is 42.1 Å². The van der Waals surface area contributed by atoms with E-state index in [0.717, 1.165) is 16.3 Å². The van der Waals surface area contributed by atoms with Gasteiger partial charge in [0, 0.05) is 5.56 Å². The first-order valence-electron chi connectivity index (χ1n) is 6.09. The quantitative estimate of drug-likeness (QED) is 0.647. The van der Waals surface area contributed by atoms with E-state index >= 15 is 0 Å². The number of benzene rings is 2. The summed E-state index contributed by atoms with van der Waals surface area (Å²) < 4.78 is 5.34. The van der Waals surface area contributed by atoms with Gasteiger partial charge < -0.3 is 10.1 Å². The smallest absolute Gasteiger partial charge is 0.326 e. The molecule has 1 aliphatic rings. The molecule has 0 bridgehead atoms. The van der Waals surface area contributed by atoms with Gasteiger partial charge in [-0.2, -0.15) is 0 Å². The molecule has 0 radical (unpaired) electrons. The summed E-state index contributed by atoms with van der Waals surface area (Å²) in [7, 11) is 1.57. The highest BCUT2D eigenvalue weighted by atomic mass is 16.5. The first-order chi connectivity index (χ1) is 9.69. The molecule has 2 aromatic carbocycles. The lowest BCUT2D eigenvalue weighted by Crippen LogP contribution is -2.22. The number of hydrogen-bond acceptors (Lipinski definition) is 3. The van der Waals surface area contributed by atoms with Crippen molar-refractivity contribution in [3.63, 3.8) is 0 Å². The van der Waals surface area contributed by atoms with E-state index in [1.165, 1.54) is 0 Å². The van der Waals surface area contributed by atoms with Gasteiger partial charge in [0.15, 0.2) is 0 Å². The molecule has 5 nitrogen and oxygen atoms in total. The van der Waals surface area contributed by atoms with Crippen LogP contribution in [0.1, 0.15) is 5.56 Å². The Bertz CT molecular complexity index is 750. The van der Waals surface area contributed by atoms with Gasteiger partial charge in [-0.1, -0.05) is 30.3 Å². The van der Waals surface area contributed by atoms with E-state index in [1.54, 1.807) is 13.2 Å². The second-order valence-electron chi connectivity index (χ2n) is 4.37. The van der Waals surface area contributed by atoms with Gasteiger partial charge in [0.05, 0.1) is 7.11 Å². The molecule has 0 atom stereocenters. The Morgan fingerprint density at radius 3 is 2.55 bits per heavy atom. The van der Waals surface area contributed by atoms with Crippen LogP contribution in [-0.4, -0.2) is 19.0 Å². The molecule has 1 fully saturated rings. The highest BCUT2D eigenvalue weighted by Gasteiger charge is 2.23. The van der Waals surface area contributed by atoms with E-state index in [4.69, 9.17) is 4.74 Å². The molecular weight excluding hydrogens is 256 g/mol. The van der Waals surface area contributed by atoms with Crippen molar-refractivity contribution in [2.24, 2.45) is 0 Å². The molecule has 1 saturated heterocycles. The second-order valence-corrected chi connectivity index (χ2v) is 4.37. The molecule has 0 aromatic heterocycles. The Labute approximate surface area is 115 Å². The predicted octanol–water partition coefficient (Wildman–Crippen LogP) is 2.03. The van der Waals surface area contributed by atoms with Crippen LogP contribution in [0.3, 0.4) is 0 Å². The number of ether oxygens (including phenoxy) is 1. The summed E-state index contributed by atoms with van der Waals surface area (Å²) in [5, 5.41) is 6.63. The van der Waals surface area contributed by atoms with Crippen molar-refractivity contribution in [2.45, 2.75) is 0 Å². The Hall–Kier alpha value is -2.82. The van der Waals surface area contributed by atoms with Gasteiger partial charge >= 0.3 is 6.03 Å². The Morgan fingerprint density at radius 1 is 1.05 bits per heavy atom. The lowest BCUT2D eigenvalue weighted by Gasteiger charge is -2.09. The molecule has 0 aliphatic carbocycles. The monoisotopic (exact) mass is 268 g/mol. The summed E-state index contributed by atoms with van der Waals surface area (Å²) in [6, 6.07) is 11.0. The summed E-state index contributed by atoms with van der Waals surface area (Å²) >= 11 is 0. The standard InChI is InChI=1S/C15H12N2O3/c1-20-13-7-6-9-4-2-3-5-10(9)11(13)8-12-14(18)17-15(19)16-12/h2-8H,1H3,(H2,16,17,18,19)/b12-8-. The van der Waals surface area contributed by atoms with Crippen LogP contribution >= 0.6 is 0 Å². The van der Waals surface area contributed by atoms with E-state index in [2.05, 4.69) is 10.6 Å². The van der Waals surface area contributed by atoms with E-state index in [0.29, 0.717) is 5.75 Å². The number of urea groups is 1. The zero-order chi connectivity index (χ0) is 14.1. The molecule has 20 heavy (non-hydrogen) atoms. The largest absolute Gasteiger partial charge is 0.496 e. The molecule has 1 heterocycles. The first-order valence-corrected chi connectivity index (χ1v) is 6.09. The number of carbonyl (C=O) groups is 2. The summed E-state index contributed by atoms with van der Waals surface area (Å²) in [6.07, 6.45) is 1.63. The van der Waals surface area contributed by atoms with E-state index in [-0.39, 0.29) is 5.70 Å². The van der Waals surface area contributed by atoms with Crippen molar-refractivity contribution < 1.29 is 14.3 Å². The SMILES string of the molecule is COc1ccc2ccccc2c1/C=C1\NC(=O)NC1=O. The highest BCUT2D eigenvalue weighted by Crippen LogP contribution is 2.30. The van der Waals surface area contributed by atoms with Crippen LogP contribution in [0.4, 0.5) is 4.79 Å². The van der Waals surface area contributed by atoms with Crippen LogP contribution in [-0.2, 0) is 4.79 Å². The van der Waals surface area contributed by atoms with Crippen molar-refractivity contribution in [2.75, 3.05) is 7.11 Å². The molecule has 0 unspecified atom stereocenters. The van der Waals surface area contributed by atoms with Crippen molar-refractivity contribution in [3.8, 4) is 5.75 Å². The third-order valence-electron chi connectivity index (χ3n) is 3.16. The zero-order valence-corrected chi connectivity index (χ0v) is 10.8. The maximum Gasteiger partial charge on any atom is 0.326 e. The van der Waals surface area contributed by atoms with Gasteiger partial charge in [0.1, 0.15) is 11.4 Å². The van der Waals surface area contributed by atoms with E-state index < -0.39 is 11.9 Å². The maximum atomic E-state index is 11.6. The summed E-state index contributed by atoms with van der Waals surface area (Å²) in [4.78, 5) is 22.8. The maximum absolute atomic E-state index is 11.6. The van der Waals surface area contributed by atoms with Crippen molar-refractivity contribution in [1.29, 1.82) is 0 Å². The minimum atomic E-state index is -0.513. The number of methoxy groups -OCH3 is 1. The van der Waals surface area contributed by atoms with Gasteiger partial charge in [0.25, 0.3) is 5.91 Å². The number of carbonyl (C=O) groups excluding carboxylic acids is 2. The van der Waals surface area contributed by atoms with Crippen LogP contribution in [0, 0.1) is 0 Å². The summed E-state index contributed by atoms with van der Waals surface area (Å²) in [5.74, 6) is 0.204. The van der Waals surface area contributed by atoms with E-state index in [9.17, 15) is 9.59 Å². The molecule has 1 aliphatic heterocycles. The normalized spacial score (nSPS) is 16.4. The number of nitrogens with one attached hydrogen (secondary N) is 2.